The molecule has 0 amide bonds. The number of ketones is 1. The van der Waals surface area contributed by atoms with Crippen molar-refractivity contribution in [3.05, 3.63) is 137 Å². The number of allylic oxidation sites excluding steroid dienone is 5. The van der Waals surface area contributed by atoms with E-state index in [0.29, 0.717) is 0 Å². The zero-order chi connectivity index (χ0) is 27.8. The molecular weight excluding hydrogens is 484 g/mol. The highest BCUT2D eigenvalue weighted by Gasteiger charge is 2.08. The molecule has 1 nitrogen and oxygen atoms in total. The third-order valence-electron chi connectivity index (χ3n) is 8.08. The third kappa shape index (κ3) is 9.63. The van der Waals surface area contributed by atoms with Crippen LogP contribution in [0, 0.1) is 0 Å². The average Bonchev–Trinajstić information content (AvgIpc) is 3.02. The second kappa shape index (κ2) is 16.6. The van der Waals surface area contributed by atoms with Gasteiger partial charge in [0.2, 0.25) is 0 Å². The molecule has 1 aliphatic carbocycles. The molecule has 0 atom stereocenters. The fraction of sp³-hybridized carbons (Fsp3) is 0.359. The minimum Gasteiger partial charge on any atom is -0.289 e. The van der Waals surface area contributed by atoms with Crippen LogP contribution in [0.2, 0.25) is 0 Å². The Kier molecular flexibility index (Phi) is 12.3. The van der Waals surface area contributed by atoms with Crippen LogP contribution in [0.5, 0.6) is 0 Å². The molecule has 0 aromatic heterocycles. The molecule has 0 spiro atoms. The normalized spacial score (nSPS) is 12.8. The van der Waals surface area contributed by atoms with Gasteiger partial charge in [0, 0.05) is 11.1 Å². The van der Waals surface area contributed by atoms with E-state index in [9.17, 15) is 4.79 Å². The molecule has 0 bridgehead atoms. The first-order chi connectivity index (χ1) is 19.7. The Labute approximate surface area is 242 Å². The van der Waals surface area contributed by atoms with Crippen molar-refractivity contribution in [3.63, 3.8) is 0 Å². The molecule has 3 aromatic carbocycles. The minimum atomic E-state index is 0.102. The topological polar surface area (TPSA) is 17.1 Å². The number of rotatable bonds is 17. The van der Waals surface area contributed by atoms with Gasteiger partial charge in [-0.1, -0.05) is 155 Å². The van der Waals surface area contributed by atoms with E-state index in [-0.39, 0.29) is 5.78 Å². The number of unbranched alkanes of at least 4 members (excludes halogenated alkanes) is 9. The van der Waals surface area contributed by atoms with E-state index < -0.39 is 0 Å². The van der Waals surface area contributed by atoms with E-state index in [2.05, 4.69) is 61.2 Å². The quantitative estimate of drug-likeness (QED) is 0.125. The molecule has 40 heavy (non-hydrogen) atoms. The minimum absolute atomic E-state index is 0.102. The van der Waals surface area contributed by atoms with Gasteiger partial charge in [-0.2, -0.15) is 0 Å². The van der Waals surface area contributed by atoms with Gasteiger partial charge in [0.25, 0.3) is 0 Å². The maximum Gasteiger partial charge on any atom is 0.193 e. The first-order valence-electron chi connectivity index (χ1n) is 15.5. The summed E-state index contributed by atoms with van der Waals surface area (Å²) in [6.07, 6.45) is 24.6. The van der Waals surface area contributed by atoms with E-state index in [1.165, 1.54) is 92.9 Å². The first-order valence-corrected chi connectivity index (χ1v) is 15.5. The highest BCUT2D eigenvalue weighted by atomic mass is 16.1. The van der Waals surface area contributed by atoms with Gasteiger partial charge >= 0.3 is 0 Å². The van der Waals surface area contributed by atoms with Crippen LogP contribution >= 0.6 is 0 Å². The van der Waals surface area contributed by atoms with Gasteiger partial charge in [0.1, 0.15) is 0 Å². The zero-order valence-corrected chi connectivity index (χ0v) is 24.3. The van der Waals surface area contributed by atoms with Gasteiger partial charge < -0.3 is 0 Å². The molecule has 0 unspecified atom stereocenters. The number of carbonyl (C=O) groups is 1. The van der Waals surface area contributed by atoms with Gasteiger partial charge in [0.15, 0.2) is 5.78 Å². The Morgan fingerprint density at radius 1 is 0.550 bits per heavy atom. The summed E-state index contributed by atoms with van der Waals surface area (Å²) in [7, 11) is 0. The lowest BCUT2D eigenvalue weighted by Gasteiger charge is -2.11. The number of hydrogen-bond donors (Lipinski definition) is 0. The number of benzene rings is 3. The Balaban J connectivity index is 0.982. The van der Waals surface area contributed by atoms with Crippen LogP contribution in [0.25, 0.3) is 5.57 Å². The summed E-state index contributed by atoms with van der Waals surface area (Å²) in [6.45, 7) is 4.31. The third-order valence-corrected chi connectivity index (χ3v) is 8.08. The number of hydrogen-bond acceptors (Lipinski definition) is 1. The van der Waals surface area contributed by atoms with E-state index >= 15 is 0 Å². The molecule has 0 fully saturated rings. The maximum atomic E-state index is 12.5. The van der Waals surface area contributed by atoms with Gasteiger partial charge in [-0.25, -0.2) is 0 Å². The summed E-state index contributed by atoms with van der Waals surface area (Å²) in [5.41, 5.74) is 7.97. The Hall–Kier alpha value is -3.45. The molecule has 1 heteroatoms. The summed E-state index contributed by atoms with van der Waals surface area (Å²) in [6, 6.07) is 26.8. The fourth-order valence-corrected chi connectivity index (χ4v) is 5.53. The predicted molar refractivity (Wildman–Crippen MR) is 172 cm³/mol. The molecule has 0 N–H and O–H groups in total. The van der Waals surface area contributed by atoms with Gasteiger partial charge in [-0.3, -0.25) is 4.79 Å². The molecule has 1 aliphatic rings. The SMILES string of the molecule is C=C(C1=CCCC=C1)c1ccc(CCCCCCCCCCCCc2ccc(C(=O)c3ccccc3)cc2)cc1. The van der Waals surface area contributed by atoms with Crippen LogP contribution in [-0.2, 0) is 12.8 Å². The van der Waals surface area contributed by atoms with Crippen molar-refractivity contribution in [2.75, 3.05) is 0 Å². The molecule has 4 rings (SSSR count). The van der Waals surface area contributed by atoms with Crippen LogP contribution in [0.1, 0.15) is 110 Å². The van der Waals surface area contributed by atoms with Crippen LogP contribution < -0.4 is 0 Å². The standard InChI is InChI=1S/C39H46O/c1-32(35-20-14-10-15-21-35)36-28-24-33(25-29-36)18-12-8-6-4-2-3-5-7-9-13-19-34-26-30-38(31-27-34)39(40)37-22-16-11-17-23-37/h11,14,16-17,20-31H,1-10,12-13,15,18-19H2. The van der Waals surface area contributed by atoms with Crippen LogP contribution in [-0.4, -0.2) is 5.78 Å². The molecule has 208 valence electrons. The second-order valence-electron chi connectivity index (χ2n) is 11.2. The Bertz CT molecular complexity index is 1240. The van der Waals surface area contributed by atoms with Crippen LogP contribution in [0.4, 0.5) is 0 Å². The molecule has 3 aromatic rings. The van der Waals surface area contributed by atoms with Crippen molar-refractivity contribution in [2.24, 2.45) is 0 Å². The average molecular weight is 531 g/mol. The molecule has 0 saturated carbocycles. The number of carbonyl (C=O) groups excluding carboxylic acids is 1. The fourth-order valence-electron chi connectivity index (χ4n) is 5.53. The van der Waals surface area contributed by atoms with Crippen LogP contribution in [0.15, 0.2) is 109 Å². The Morgan fingerprint density at radius 3 is 1.52 bits per heavy atom. The van der Waals surface area contributed by atoms with E-state index in [1.54, 1.807) is 0 Å². The highest BCUT2D eigenvalue weighted by Crippen LogP contribution is 2.26. The largest absolute Gasteiger partial charge is 0.289 e. The van der Waals surface area contributed by atoms with Gasteiger partial charge in [0.05, 0.1) is 0 Å². The van der Waals surface area contributed by atoms with Crippen molar-refractivity contribution in [1.82, 2.24) is 0 Å². The first kappa shape index (κ1) is 29.5. The summed E-state index contributed by atoms with van der Waals surface area (Å²) in [5.74, 6) is 0.102. The van der Waals surface area contributed by atoms with Crippen molar-refractivity contribution < 1.29 is 4.79 Å². The van der Waals surface area contributed by atoms with Crippen molar-refractivity contribution in [2.45, 2.75) is 89.9 Å². The van der Waals surface area contributed by atoms with E-state index in [0.717, 1.165) is 36.0 Å². The van der Waals surface area contributed by atoms with Crippen molar-refractivity contribution in [1.29, 1.82) is 0 Å². The van der Waals surface area contributed by atoms with E-state index in [1.807, 2.05) is 42.5 Å². The van der Waals surface area contributed by atoms with E-state index in [4.69, 9.17) is 0 Å². The molecule has 0 radical (unpaired) electrons. The smallest absolute Gasteiger partial charge is 0.193 e. The lowest BCUT2D eigenvalue weighted by Crippen LogP contribution is -2.01. The monoisotopic (exact) mass is 530 g/mol. The lowest BCUT2D eigenvalue weighted by atomic mass is 9.94. The second-order valence-corrected chi connectivity index (χ2v) is 11.2. The zero-order valence-electron chi connectivity index (χ0n) is 24.3. The molecular formula is C39H46O. The van der Waals surface area contributed by atoms with Crippen molar-refractivity contribution in [3.8, 4) is 0 Å². The molecule has 0 heterocycles. The summed E-state index contributed by atoms with van der Waals surface area (Å²) >= 11 is 0. The maximum absolute atomic E-state index is 12.5. The molecule has 0 aliphatic heterocycles. The van der Waals surface area contributed by atoms with Crippen LogP contribution in [0.3, 0.4) is 0 Å². The Morgan fingerprint density at radius 2 is 1.02 bits per heavy atom. The lowest BCUT2D eigenvalue weighted by molar-refractivity contribution is 0.103. The highest BCUT2D eigenvalue weighted by molar-refractivity contribution is 6.08. The van der Waals surface area contributed by atoms with Gasteiger partial charge in [-0.05, 0) is 66.4 Å². The van der Waals surface area contributed by atoms with Crippen molar-refractivity contribution >= 4 is 11.4 Å². The summed E-state index contributed by atoms with van der Waals surface area (Å²) in [5, 5.41) is 0. The molecule has 0 saturated heterocycles. The van der Waals surface area contributed by atoms with Gasteiger partial charge in [-0.15, -0.1) is 0 Å². The predicted octanol–water partition coefficient (Wildman–Crippen LogP) is 10.9. The summed E-state index contributed by atoms with van der Waals surface area (Å²) < 4.78 is 0. The number of aryl methyl sites for hydroxylation is 2. The summed E-state index contributed by atoms with van der Waals surface area (Å²) in [4.78, 5) is 12.5.